The summed E-state index contributed by atoms with van der Waals surface area (Å²) in [4.78, 5) is 28.6. The summed E-state index contributed by atoms with van der Waals surface area (Å²) in [5.41, 5.74) is 2.24. The zero-order valence-electron chi connectivity index (χ0n) is 15.8. The monoisotopic (exact) mass is 380 g/mol. The fraction of sp³-hybridized carbons (Fsp3) is 0.190. The summed E-state index contributed by atoms with van der Waals surface area (Å²) in [5, 5.41) is 0. The smallest absolute Gasteiger partial charge is 0.331 e. The summed E-state index contributed by atoms with van der Waals surface area (Å²) in [7, 11) is 3.10. The number of benzene rings is 1. The Morgan fingerprint density at radius 1 is 1.11 bits per heavy atom. The van der Waals surface area contributed by atoms with Crippen molar-refractivity contribution in [1.82, 2.24) is 9.38 Å². The molecule has 3 aromatic rings. The summed E-state index contributed by atoms with van der Waals surface area (Å²) in [6, 6.07) is 12.0. The molecule has 0 spiro atoms. The number of carbonyl (C=O) groups is 1. The van der Waals surface area contributed by atoms with Crippen molar-refractivity contribution in [2.45, 2.75) is 13.5 Å². The van der Waals surface area contributed by atoms with E-state index in [1.54, 1.807) is 44.6 Å². The van der Waals surface area contributed by atoms with Crippen LogP contribution in [0.4, 0.5) is 0 Å². The second kappa shape index (κ2) is 8.39. The molecule has 0 bridgehead atoms. The van der Waals surface area contributed by atoms with Gasteiger partial charge in [0.1, 0.15) is 12.3 Å². The topological polar surface area (TPSA) is 79.1 Å². The van der Waals surface area contributed by atoms with E-state index in [9.17, 15) is 9.59 Å². The molecule has 0 N–H and O–H groups in total. The molecule has 0 saturated heterocycles. The number of hydrogen-bond acceptors (Lipinski definition) is 6. The number of aromatic nitrogens is 2. The van der Waals surface area contributed by atoms with Gasteiger partial charge in [0.15, 0.2) is 11.5 Å². The van der Waals surface area contributed by atoms with E-state index in [4.69, 9.17) is 14.2 Å². The predicted octanol–water partition coefficient (Wildman–Crippen LogP) is 2.78. The molecule has 0 aliphatic rings. The first-order valence-corrected chi connectivity index (χ1v) is 8.57. The lowest BCUT2D eigenvalue weighted by molar-refractivity contribution is -0.139. The van der Waals surface area contributed by atoms with Crippen LogP contribution in [-0.4, -0.2) is 29.6 Å². The average Bonchev–Trinajstić information content (AvgIpc) is 2.70. The molecule has 0 radical (unpaired) electrons. The summed E-state index contributed by atoms with van der Waals surface area (Å²) in [6.07, 6.45) is 2.91. The van der Waals surface area contributed by atoms with Crippen LogP contribution in [0.3, 0.4) is 0 Å². The van der Waals surface area contributed by atoms with Gasteiger partial charge in [-0.25, -0.2) is 9.78 Å². The van der Waals surface area contributed by atoms with Crippen molar-refractivity contribution >= 4 is 17.7 Å². The highest BCUT2D eigenvalue weighted by molar-refractivity contribution is 5.87. The van der Waals surface area contributed by atoms with E-state index < -0.39 is 5.97 Å². The van der Waals surface area contributed by atoms with Gasteiger partial charge in [-0.3, -0.25) is 9.20 Å². The van der Waals surface area contributed by atoms with Gasteiger partial charge >= 0.3 is 5.97 Å². The largest absolute Gasteiger partial charge is 0.493 e. The van der Waals surface area contributed by atoms with Crippen LogP contribution in [0, 0.1) is 6.92 Å². The van der Waals surface area contributed by atoms with Gasteiger partial charge in [-0.05, 0) is 42.8 Å². The van der Waals surface area contributed by atoms with Crippen LogP contribution in [0.5, 0.6) is 11.5 Å². The number of carbonyl (C=O) groups excluding carboxylic acids is 1. The summed E-state index contributed by atoms with van der Waals surface area (Å²) >= 11 is 0. The summed E-state index contributed by atoms with van der Waals surface area (Å²) in [5.74, 6) is 0.626. The Balaban J connectivity index is 1.68. The molecule has 0 aliphatic carbocycles. The van der Waals surface area contributed by atoms with Gasteiger partial charge in [-0.1, -0.05) is 12.1 Å². The van der Waals surface area contributed by atoms with Gasteiger partial charge in [-0.2, -0.15) is 0 Å². The zero-order chi connectivity index (χ0) is 20.1. The van der Waals surface area contributed by atoms with Crippen molar-refractivity contribution in [2.24, 2.45) is 0 Å². The van der Waals surface area contributed by atoms with Crippen molar-refractivity contribution in [3.63, 3.8) is 0 Å². The Hall–Kier alpha value is -3.61. The minimum atomic E-state index is -0.541. The number of nitrogens with zero attached hydrogens (tertiary/aromatic N) is 2. The van der Waals surface area contributed by atoms with Gasteiger partial charge in [-0.15, -0.1) is 0 Å². The first-order valence-electron chi connectivity index (χ1n) is 8.57. The van der Waals surface area contributed by atoms with Crippen LogP contribution >= 0.6 is 0 Å². The van der Waals surface area contributed by atoms with Crippen LogP contribution in [0.15, 0.2) is 53.3 Å². The Morgan fingerprint density at radius 2 is 1.89 bits per heavy atom. The molecule has 0 unspecified atom stereocenters. The molecule has 0 atom stereocenters. The Kier molecular flexibility index (Phi) is 5.74. The zero-order valence-corrected chi connectivity index (χ0v) is 15.8. The molecule has 2 heterocycles. The Labute approximate surface area is 161 Å². The van der Waals surface area contributed by atoms with Crippen molar-refractivity contribution in [3.8, 4) is 11.5 Å². The highest BCUT2D eigenvalue weighted by atomic mass is 16.5. The molecular weight excluding hydrogens is 360 g/mol. The SMILES string of the molecule is COc1ccc(/C=C/C(=O)OCc2cc(=O)n3c(C)cccc3n2)cc1OC. The minimum Gasteiger partial charge on any atom is -0.493 e. The van der Waals surface area contributed by atoms with E-state index in [1.807, 2.05) is 19.1 Å². The van der Waals surface area contributed by atoms with Gasteiger partial charge in [0.05, 0.1) is 19.9 Å². The molecule has 1 aromatic carbocycles. The standard InChI is InChI=1S/C21H20N2O5/c1-14-5-4-6-19-22-16(12-20(24)23(14)19)13-28-21(25)10-8-15-7-9-17(26-2)18(11-15)27-3/h4-12H,13H2,1-3H3/b10-8+. The lowest BCUT2D eigenvalue weighted by Crippen LogP contribution is -2.18. The van der Waals surface area contributed by atoms with Crippen molar-refractivity contribution in [2.75, 3.05) is 14.2 Å². The number of fused-ring (bicyclic) bond motifs is 1. The molecule has 2 aromatic heterocycles. The van der Waals surface area contributed by atoms with E-state index in [2.05, 4.69) is 4.98 Å². The van der Waals surface area contributed by atoms with Gasteiger partial charge in [0.25, 0.3) is 5.56 Å². The molecule has 0 aliphatic heterocycles. The molecule has 144 valence electrons. The van der Waals surface area contributed by atoms with Crippen molar-refractivity contribution in [1.29, 1.82) is 0 Å². The van der Waals surface area contributed by atoms with E-state index >= 15 is 0 Å². The molecule has 28 heavy (non-hydrogen) atoms. The summed E-state index contributed by atoms with van der Waals surface area (Å²) in [6.45, 7) is 1.74. The van der Waals surface area contributed by atoms with Crippen LogP contribution in [-0.2, 0) is 16.1 Å². The van der Waals surface area contributed by atoms with Crippen LogP contribution in [0.25, 0.3) is 11.7 Å². The quantitative estimate of drug-likeness (QED) is 0.483. The highest BCUT2D eigenvalue weighted by Gasteiger charge is 2.07. The predicted molar refractivity (Wildman–Crippen MR) is 105 cm³/mol. The molecule has 7 heteroatoms. The van der Waals surface area contributed by atoms with Gasteiger partial charge in [0, 0.05) is 17.8 Å². The van der Waals surface area contributed by atoms with Crippen molar-refractivity contribution < 1.29 is 19.0 Å². The summed E-state index contributed by atoms with van der Waals surface area (Å²) < 4.78 is 17.1. The lowest BCUT2D eigenvalue weighted by atomic mass is 10.2. The van der Waals surface area contributed by atoms with Crippen molar-refractivity contribution in [3.05, 3.63) is 75.8 Å². The number of rotatable bonds is 6. The second-order valence-electron chi connectivity index (χ2n) is 6.00. The molecule has 0 fully saturated rings. The van der Waals surface area contributed by atoms with Crippen LogP contribution < -0.4 is 15.0 Å². The lowest BCUT2D eigenvalue weighted by Gasteiger charge is -2.08. The maximum Gasteiger partial charge on any atom is 0.331 e. The average molecular weight is 380 g/mol. The van der Waals surface area contributed by atoms with E-state index in [0.717, 1.165) is 11.3 Å². The molecule has 3 rings (SSSR count). The maximum absolute atomic E-state index is 12.2. The number of ether oxygens (including phenoxy) is 3. The molecule has 0 saturated carbocycles. The second-order valence-corrected chi connectivity index (χ2v) is 6.00. The number of aryl methyl sites for hydroxylation is 1. The molecule has 7 nitrogen and oxygen atoms in total. The Bertz CT molecular complexity index is 1100. The maximum atomic E-state index is 12.2. The van der Waals surface area contributed by atoms with E-state index in [1.165, 1.54) is 16.5 Å². The fourth-order valence-corrected chi connectivity index (χ4v) is 2.75. The third-order valence-corrected chi connectivity index (χ3v) is 4.11. The van der Waals surface area contributed by atoms with E-state index in [-0.39, 0.29) is 12.2 Å². The van der Waals surface area contributed by atoms with Crippen LogP contribution in [0.2, 0.25) is 0 Å². The Morgan fingerprint density at radius 3 is 2.64 bits per heavy atom. The molecular formula is C21H20N2O5. The number of pyridine rings is 1. The molecule has 0 amide bonds. The van der Waals surface area contributed by atoms with Gasteiger partial charge < -0.3 is 14.2 Å². The number of esters is 1. The minimum absolute atomic E-state index is 0.0885. The number of hydrogen-bond donors (Lipinski definition) is 0. The number of methoxy groups -OCH3 is 2. The highest BCUT2D eigenvalue weighted by Crippen LogP contribution is 2.27. The van der Waals surface area contributed by atoms with Crippen LogP contribution in [0.1, 0.15) is 17.0 Å². The third kappa shape index (κ3) is 4.20. The first kappa shape index (κ1) is 19.2. The third-order valence-electron chi connectivity index (χ3n) is 4.11. The normalized spacial score (nSPS) is 11.0. The first-order chi connectivity index (χ1) is 13.5. The fourth-order valence-electron chi connectivity index (χ4n) is 2.75. The van der Waals surface area contributed by atoms with Gasteiger partial charge in [0.2, 0.25) is 0 Å². The van der Waals surface area contributed by atoms with E-state index in [0.29, 0.717) is 22.8 Å².